The van der Waals surface area contributed by atoms with E-state index in [0.717, 1.165) is 11.1 Å². The van der Waals surface area contributed by atoms with Crippen LogP contribution in [0.3, 0.4) is 0 Å². The zero-order valence-corrected chi connectivity index (χ0v) is 18.3. The molecule has 1 aliphatic carbocycles. The maximum atomic E-state index is 13.0. The number of nitrogens with one attached hydrogen (secondary N) is 1. The Balaban J connectivity index is 1.46. The van der Waals surface area contributed by atoms with E-state index in [1.165, 1.54) is 16.7 Å². The van der Waals surface area contributed by atoms with E-state index < -0.39 is 16.9 Å². The second kappa shape index (κ2) is 8.61. The molecule has 0 bridgehead atoms. The zero-order valence-electron chi connectivity index (χ0n) is 18.3. The summed E-state index contributed by atoms with van der Waals surface area (Å²) in [6.45, 7) is 5.23. The highest BCUT2D eigenvalue weighted by atomic mass is 16.5. The van der Waals surface area contributed by atoms with Gasteiger partial charge in [-0.15, -0.1) is 0 Å². The Morgan fingerprint density at radius 3 is 2.44 bits per heavy atom. The summed E-state index contributed by atoms with van der Waals surface area (Å²) in [7, 11) is 0. The fraction of sp³-hybridized carbons (Fsp3) is 0.417. The summed E-state index contributed by atoms with van der Waals surface area (Å²) < 4.78 is 6.51. The van der Waals surface area contributed by atoms with E-state index in [2.05, 4.69) is 5.32 Å². The van der Waals surface area contributed by atoms with Gasteiger partial charge in [-0.1, -0.05) is 29.8 Å². The third-order valence-electron chi connectivity index (χ3n) is 6.15. The first kappa shape index (κ1) is 21.8. The van der Waals surface area contributed by atoms with Gasteiger partial charge in [0.05, 0.1) is 12.0 Å². The van der Waals surface area contributed by atoms with E-state index in [1.807, 2.05) is 31.2 Å². The van der Waals surface area contributed by atoms with Gasteiger partial charge < -0.3 is 19.5 Å². The number of carbonyl (C=O) groups excluding carboxylic acids is 3. The number of amides is 2. The summed E-state index contributed by atoms with van der Waals surface area (Å²) in [5, 5.41) is 2.77. The Morgan fingerprint density at radius 2 is 1.78 bits per heavy atom. The predicted molar refractivity (Wildman–Crippen MR) is 117 cm³/mol. The molecular weight excluding hydrogens is 410 g/mol. The molecule has 1 fully saturated rings. The number of aromatic nitrogens is 1. The number of hydrogen-bond acceptors (Lipinski definition) is 5. The number of fused-ring (bicyclic) bond motifs is 1. The Morgan fingerprint density at radius 1 is 1.06 bits per heavy atom. The molecule has 8 nitrogen and oxygen atoms in total. The van der Waals surface area contributed by atoms with Crippen molar-refractivity contribution in [3.8, 4) is 0 Å². The number of carbonyl (C=O) groups is 3. The van der Waals surface area contributed by atoms with Gasteiger partial charge >= 0.3 is 5.97 Å². The molecule has 32 heavy (non-hydrogen) atoms. The molecule has 0 radical (unpaired) electrons. The second-order valence-corrected chi connectivity index (χ2v) is 8.48. The Kier molecular flexibility index (Phi) is 5.86. The van der Waals surface area contributed by atoms with Crippen molar-refractivity contribution in [1.82, 2.24) is 14.8 Å². The third-order valence-corrected chi connectivity index (χ3v) is 6.15. The van der Waals surface area contributed by atoms with Crippen LogP contribution in [0.1, 0.15) is 51.7 Å². The van der Waals surface area contributed by atoms with Gasteiger partial charge in [0.2, 0.25) is 0 Å². The minimum absolute atomic E-state index is 0.00676. The van der Waals surface area contributed by atoms with E-state index in [4.69, 9.17) is 4.74 Å². The molecule has 1 aliphatic heterocycles. The minimum Gasteiger partial charge on any atom is -0.466 e. The maximum absolute atomic E-state index is 13.0. The molecule has 0 saturated heterocycles. The lowest BCUT2D eigenvalue weighted by atomic mass is 10.1. The molecule has 2 amide bonds. The van der Waals surface area contributed by atoms with Crippen LogP contribution >= 0.6 is 0 Å². The molecule has 1 aromatic carbocycles. The van der Waals surface area contributed by atoms with Crippen molar-refractivity contribution in [2.24, 2.45) is 5.41 Å². The smallest absolute Gasteiger partial charge is 0.313 e. The first-order chi connectivity index (χ1) is 15.3. The van der Waals surface area contributed by atoms with E-state index in [9.17, 15) is 19.2 Å². The molecule has 0 atom stereocenters. The van der Waals surface area contributed by atoms with Gasteiger partial charge in [-0.25, -0.2) is 0 Å². The minimum atomic E-state index is -0.621. The van der Waals surface area contributed by atoms with Crippen molar-refractivity contribution in [2.45, 2.75) is 39.8 Å². The molecule has 2 heterocycles. The maximum Gasteiger partial charge on any atom is 0.313 e. The lowest BCUT2D eigenvalue weighted by Crippen LogP contribution is -2.48. The second-order valence-electron chi connectivity index (χ2n) is 8.48. The number of pyridine rings is 1. The van der Waals surface area contributed by atoms with Crippen molar-refractivity contribution < 1.29 is 19.1 Å². The van der Waals surface area contributed by atoms with Crippen LogP contribution in [0.2, 0.25) is 0 Å². The fourth-order valence-electron chi connectivity index (χ4n) is 4.01. The highest BCUT2D eigenvalue weighted by Gasteiger charge is 2.53. The van der Waals surface area contributed by atoms with Gasteiger partial charge in [0.25, 0.3) is 17.4 Å². The molecule has 1 N–H and O–H groups in total. The molecule has 0 unspecified atom stereocenters. The molecule has 2 aliphatic rings. The van der Waals surface area contributed by atoms with Crippen molar-refractivity contribution in [3.05, 3.63) is 69.1 Å². The molecular formula is C24H27N3O5. The largest absolute Gasteiger partial charge is 0.466 e. The van der Waals surface area contributed by atoms with Gasteiger partial charge in [0, 0.05) is 26.2 Å². The van der Waals surface area contributed by atoms with Crippen LogP contribution in [-0.4, -0.2) is 46.9 Å². The SMILES string of the molecule is CCOC(=O)C1(CN2CCn3c(ccc(C(=O)NCc4ccc(C)cc4)c3=O)C2=O)CC1. The Labute approximate surface area is 186 Å². The van der Waals surface area contributed by atoms with Crippen molar-refractivity contribution in [3.63, 3.8) is 0 Å². The summed E-state index contributed by atoms with van der Waals surface area (Å²) in [5.41, 5.74) is 1.20. The average Bonchev–Trinajstić information content (AvgIpc) is 3.56. The molecule has 4 rings (SSSR count). The van der Waals surface area contributed by atoms with Gasteiger partial charge in [0.15, 0.2) is 0 Å². The lowest BCUT2D eigenvalue weighted by Gasteiger charge is -2.32. The number of rotatable bonds is 7. The number of benzene rings is 1. The first-order valence-corrected chi connectivity index (χ1v) is 10.9. The van der Waals surface area contributed by atoms with E-state index in [1.54, 1.807) is 11.8 Å². The summed E-state index contributed by atoms with van der Waals surface area (Å²) in [6, 6.07) is 10.7. The van der Waals surface area contributed by atoms with Crippen molar-refractivity contribution in [1.29, 1.82) is 0 Å². The summed E-state index contributed by atoms with van der Waals surface area (Å²) in [5.74, 6) is -1.05. The van der Waals surface area contributed by atoms with Gasteiger partial charge in [-0.05, 0) is 44.4 Å². The summed E-state index contributed by atoms with van der Waals surface area (Å²) in [6.07, 6.45) is 1.39. The average molecular weight is 437 g/mol. The molecule has 168 valence electrons. The van der Waals surface area contributed by atoms with Crippen LogP contribution in [-0.2, 0) is 22.6 Å². The number of esters is 1. The number of aryl methyl sites for hydroxylation is 1. The normalized spacial score (nSPS) is 16.3. The van der Waals surface area contributed by atoms with Crippen LogP contribution in [0.4, 0.5) is 0 Å². The first-order valence-electron chi connectivity index (χ1n) is 10.9. The Hall–Kier alpha value is -3.42. The number of hydrogen-bond donors (Lipinski definition) is 1. The van der Waals surface area contributed by atoms with Gasteiger partial charge in [0.1, 0.15) is 11.3 Å². The van der Waals surface area contributed by atoms with E-state index in [-0.39, 0.29) is 36.2 Å². The zero-order chi connectivity index (χ0) is 22.9. The van der Waals surface area contributed by atoms with Gasteiger partial charge in [-0.2, -0.15) is 0 Å². The summed E-state index contributed by atoms with van der Waals surface area (Å²) >= 11 is 0. The van der Waals surface area contributed by atoms with Crippen molar-refractivity contribution in [2.75, 3.05) is 19.7 Å². The van der Waals surface area contributed by atoms with E-state index in [0.29, 0.717) is 32.5 Å². The highest BCUT2D eigenvalue weighted by molar-refractivity contribution is 5.97. The number of nitrogens with zero attached hydrogens (tertiary/aromatic N) is 2. The van der Waals surface area contributed by atoms with E-state index >= 15 is 0 Å². The van der Waals surface area contributed by atoms with Gasteiger partial charge in [-0.3, -0.25) is 19.2 Å². The molecule has 1 saturated carbocycles. The topological polar surface area (TPSA) is 97.7 Å². The highest BCUT2D eigenvalue weighted by Crippen LogP contribution is 2.47. The standard InChI is InChI=1S/C24H27N3O5/c1-3-32-23(31)24(10-11-24)15-26-12-13-27-19(22(26)30)9-8-18(21(27)29)20(28)25-14-17-6-4-16(2)5-7-17/h4-9H,3,10-15H2,1-2H3,(H,25,28). The quantitative estimate of drug-likeness (QED) is 0.667. The number of ether oxygens (including phenoxy) is 1. The van der Waals surface area contributed by atoms with Crippen LogP contribution in [0.5, 0.6) is 0 Å². The lowest BCUT2D eigenvalue weighted by molar-refractivity contribution is -0.150. The fourth-order valence-corrected chi connectivity index (χ4v) is 4.01. The molecule has 0 spiro atoms. The van der Waals surface area contributed by atoms with Crippen LogP contribution in [0.15, 0.2) is 41.2 Å². The van der Waals surface area contributed by atoms with Crippen LogP contribution < -0.4 is 10.9 Å². The molecule has 2 aromatic rings. The summed E-state index contributed by atoms with van der Waals surface area (Å²) in [4.78, 5) is 52.4. The monoisotopic (exact) mass is 437 g/mol. The molecule has 8 heteroatoms. The van der Waals surface area contributed by atoms with Crippen LogP contribution in [0.25, 0.3) is 0 Å². The Bertz CT molecular complexity index is 1120. The van der Waals surface area contributed by atoms with Crippen molar-refractivity contribution >= 4 is 17.8 Å². The third kappa shape index (κ3) is 4.17. The van der Waals surface area contributed by atoms with Crippen LogP contribution in [0, 0.1) is 12.3 Å². The molecule has 1 aromatic heterocycles. The predicted octanol–water partition coefficient (Wildman–Crippen LogP) is 1.89.